The predicted molar refractivity (Wildman–Crippen MR) is 106 cm³/mol. The van der Waals surface area contributed by atoms with Gasteiger partial charge in [0, 0.05) is 43.4 Å². The Hall–Kier alpha value is -3.75. The first kappa shape index (κ1) is 18.6. The van der Waals surface area contributed by atoms with Crippen molar-refractivity contribution in [2.24, 2.45) is 0 Å². The van der Waals surface area contributed by atoms with Gasteiger partial charge in [0.2, 0.25) is 0 Å². The van der Waals surface area contributed by atoms with E-state index in [-0.39, 0.29) is 16.5 Å². The van der Waals surface area contributed by atoms with Gasteiger partial charge in [0.05, 0.1) is 4.92 Å². The van der Waals surface area contributed by atoms with Crippen molar-refractivity contribution in [2.45, 2.75) is 6.92 Å². The predicted octanol–water partition coefficient (Wildman–Crippen LogP) is 2.92. The molecule has 3 aromatic rings. The number of hydrogen-bond donors (Lipinski definition) is 0. The molecule has 29 heavy (non-hydrogen) atoms. The molecule has 2 aromatic carbocycles. The second-order valence-electron chi connectivity index (χ2n) is 6.75. The minimum Gasteiger partial charge on any atom is -0.362 e. The first-order valence-corrected chi connectivity index (χ1v) is 9.21. The minimum atomic E-state index is -0.376. The molecule has 0 N–H and O–H groups in total. The zero-order valence-corrected chi connectivity index (χ0v) is 15.8. The zero-order chi connectivity index (χ0) is 20.4. The fourth-order valence-electron chi connectivity index (χ4n) is 3.39. The topological polar surface area (TPSA) is 106 Å². The third-order valence-electron chi connectivity index (χ3n) is 4.89. The molecule has 0 spiro atoms. The number of nitro groups is 1. The third-order valence-corrected chi connectivity index (χ3v) is 4.89. The number of amides is 1. The lowest BCUT2D eigenvalue weighted by Crippen LogP contribution is -2.48. The number of benzene rings is 2. The molecule has 1 aliphatic rings. The molecule has 0 bridgehead atoms. The number of aryl methyl sites for hydroxylation is 1. The van der Waals surface area contributed by atoms with Crippen LogP contribution in [0.25, 0.3) is 11.5 Å². The van der Waals surface area contributed by atoms with Gasteiger partial charge in [-0.15, -0.1) is 0 Å². The summed E-state index contributed by atoms with van der Waals surface area (Å²) in [4.78, 5) is 31.6. The van der Waals surface area contributed by atoms with Crippen LogP contribution in [0.1, 0.15) is 16.2 Å². The van der Waals surface area contributed by atoms with E-state index < -0.39 is 0 Å². The monoisotopic (exact) mass is 393 g/mol. The van der Waals surface area contributed by atoms with Crippen LogP contribution in [0.5, 0.6) is 0 Å². The van der Waals surface area contributed by atoms with Gasteiger partial charge in [0.1, 0.15) is 5.69 Å². The number of carbonyl (C=O) groups excluding carboxylic acids is 1. The minimum absolute atomic E-state index is 0.0690. The smallest absolute Gasteiger partial charge is 0.292 e. The van der Waals surface area contributed by atoms with E-state index in [0.717, 1.165) is 5.56 Å². The molecule has 2 heterocycles. The molecule has 1 aliphatic heterocycles. The van der Waals surface area contributed by atoms with Crippen LogP contribution in [0.2, 0.25) is 0 Å². The van der Waals surface area contributed by atoms with Crippen LogP contribution in [-0.4, -0.2) is 52.1 Å². The number of aromatic nitrogens is 2. The van der Waals surface area contributed by atoms with Crippen LogP contribution in [0.3, 0.4) is 0 Å². The lowest BCUT2D eigenvalue weighted by atomic mass is 10.1. The van der Waals surface area contributed by atoms with Gasteiger partial charge in [-0.05, 0) is 37.3 Å². The van der Waals surface area contributed by atoms with Crippen molar-refractivity contribution in [1.82, 2.24) is 15.0 Å². The molecule has 0 radical (unpaired) electrons. The third kappa shape index (κ3) is 3.79. The normalized spacial score (nSPS) is 14.1. The van der Waals surface area contributed by atoms with Crippen molar-refractivity contribution in [3.63, 3.8) is 0 Å². The van der Waals surface area contributed by atoms with Crippen LogP contribution in [0.4, 0.5) is 11.4 Å². The lowest BCUT2D eigenvalue weighted by Gasteiger charge is -2.35. The maximum atomic E-state index is 12.8. The Morgan fingerprint density at radius 1 is 1.07 bits per heavy atom. The van der Waals surface area contributed by atoms with E-state index in [1.807, 2.05) is 4.90 Å². The molecule has 1 aromatic heterocycles. The maximum Gasteiger partial charge on any atom is 0.292 e. The standard InChI is InChI=1S/C20H19N5O4/c1-14-21-19(29-22-14)15-6-8-16(9-7-15)20(26)24-12-10-23(11-13-24)17-4-2-3-5-18(17)25(27)28/h2-9H,10-13H2,1H3. The van der Waals surface area contributed by atoms with Gasteiger partial charge in [-0.2, -0.15) is 4.98 Å². The second kappa shape index (κ2) is 7.70. The van der Waals surface area contributed by atoms with E-state index in [4.69, 9.17) is 4.52 Å². The van der Waals surface area contributed by atoms with Gasteiger partial charge < -0.3 is 14.3 Å². The molecule has 0 aliphatic carbocycles. The van der Waals surface area contributed by atoms with Crippen molar-refractivity contribution in [3.05, 3.63) is 70.0 Å². The molecule has 1 fully saturated rings. The number of nitro benzene ring substituents is 1. The summed E-state index contributed by atoms with van der Waals surface area (Å²) in [5.41, 5.74) is 2.00. The Bertz CT molecular complexity index is 1040. The van der Waals surface area contributed by atoms with E-state index in [9.17, 15) is 14.9 Å². The van der Waals surface area contributed by atoms with E-state index in [0.29, 0.717) is 49.1 Å². The number of nitrogens with zero attached hydrogens (tertiary/aromatic N) is 5. The number of piperazine rings is 1. The van der Waals surface area contributed by atoms with E-state index >= 15 is 0 Å². The Kier molecular flexibility index (Phi) is 4.94. The highest BCUT2D eigenvalue weighted by atomic mass is 16.6. The highest BCUT2D eigenvalue weighted by Crippen LogP contribution is 2.28. The summed E-state index contributed by atoms with van der Waals surface area (Å²) in [5.74, 6) is 0.900. The lowest BCUT2D eigenvalue weighted by molar-refractivity contribution is -0.384. The molecule has 4 rings (SSSR count). The quantitative estimate of drug-likeness (QED) is 0.496. The highest BCUT2D eigenvalue weighted by molar-refractivity contribution is 5.94. The first-order valence-electron chi connectivity index (χ1n) is 9.21. The molecule has 0 saturated carbocycles. The molecular weight excluding hydrogens is 374 g/mol. The summed E-state index contributed by atoms with van der Waals surface area (Å²) in [6.45, 7) is 3.81. The van der Waals surface area contributed by atoms with Gasteiger partial charge in [-0.3, -0.25) is 14.9 Å². The summed E-state index contributed by atoms with van der Waals surface area (Å²) in [6.07, 6.45) is 0. The van der Waals surface area contributed by atoms with Crippen LogP contribution < -0.4 is 4.90 Å². The summed E-state index contributed by atoms with van der Waals surface area (Å²) >= 11 is 0. The number of carbonyl (C=O) groups is 1. The second-order valence-corrected chi connectivity index (χ2v) is 6.75. The first-order chi connectivity index (χ1) is 14.0. The summed E-state index contributed by atoms with van der Waals surface area (Å²) in [6, 6.07) is 13.7. The van der Waals surface area contributed by atoms with Gasteiger partial charge in [-0.1, -0.05) is 17.3 Å². The summed E-state index contributed by atoms with van der Waals surface area (Å²) < 4.78 is 5.14. The number of rotatable bonds is 4. The number of hydrogen-bond acceptors (Lipinski definition) is 7. The highest BCUT2D eigenvalue weighted by Gasteiger charge is 2.26. The molecular formula is C20H19N5O4. The van der Waals surface area contributed by atoms with Crippen molar-refractivity contribution in [2.75, 3.05) is 31.1 Å². The Morgan fingerprint density at radius 2 is 1.76 bits per heavy atom. The molecule has 0 unspecified atom stereocenters. The van der Waals surface area contributed by atoms with Crippen molar-refractivity contribution in [1.29, 1.82) is 0 Å². The molecule has 1 amide bonds. The van der Waals surface area contributed by atoms with Crippen molar-refractivity contribution < 1.29 is 14.2 Å². The number of anilines is 1. The average Bonchev–Trinajstić information content (AvgIpc) is 3.20. The van der Waals surface area contributed by atoms with Gasteiger partial charge in [-0.25, -0.2) is 0 Å². The Morgan fingerprint density at radius 3 is 2.38 bits per heavy atom. The molecule has 0 atom stereocenters. The Balaban J connectivity index is 1.42. The van der Waals surface area contributed by atoms with Gasteiger partial charge in [0.15, 0.2) is 5.82 Å². The molecule has 148 valence electrons. The SMILES string of the molecule is Cc1noc(-c2ccc(C(=O)N3CCN(c4ccccc4[N+](=O)[O-])CC3)cc2)n1. The zero-order valence-electron chi connectivity index (χ0n) is 15.8. The average molecular weight is 393 g/mol. The molecule has 1 saturated heterocycles. The van der Waals surface area contributed by atoms with Crippen LogP contribution in [0.15, 0.2) is 53.1 Å². The van der Waals surface area contributed by atoms with Crippen LogP contribution >= 0.6 is 0 Å². The van der Waals surface area contributed by atoms with Crippen molar-refractivity contribution in [3.8, 4) is 11.5 Å². The van der Waals surface area contributed by atoms with Crippen LogP contribution in [-0.2, 0) is 0 Å². The fourth-order valence-corrected chi connectivity index (χ4v) is 3.39. The van der Waals surface area contributed by atoms with Crippen molar-refractivity contribution >= 4 is 17.3 Å². The van der Waals surface area contributed by atoms with E-state index in [1.165, 1.54) is 6.07 Å². The van der Waals surface area contributed by atoms with Crippen LogP contribution in [0, 0.1) is 17.0 Å². The summed E-state index contributed by atoms with van der Waals surface area (Å²) in [7, 11) is 0. The summed E-state index contributed by atoms with van der Waals surface area (Å²) in [5, 5.41) is 15.0. The number of para-hydroxylation sites is 2. The van der Waals surface area contributed by atoms with E-state index in [2.05, 4.69) is 10.1 Å². The van der Waals surface area contributed by atoms with Gasteiger partial charge in [0.25, 0.3) is 17.5 Å². The maximum absolute atomic E-state index is 12.8. The van der Waals surface area contributed by atoms with Gasteiger partial charge >= 0.3 is 0 Å². The Labute approximate surface area is 166 Å². The van der Waals surface area contributed by atoms with E-state index in [1.54, 1.807) is 54.3 Å². The molecule has 9 heteroatoms. The fraction of sp³-hybridized carbons (Fsp3) is 0.250. The molecule has 9 nitrogen and oxygen atoms in total. The largest absolute Gasteiger partial charge is 0.362 e.